The zero-order chi connectivity index (χ0) is 7.28. The van der Waals surface area contributed by atoms with E-state index in [1.165, 1.54) is 0 Å². The molecule has 0 heterocycles. The summed E-state index contributed by atoms with van der Waals surface area (Å²) in [4.78, 5) is 9.68. The summed E-state index contributed by atoms with van der Waals surface area (Å²) in [5, 5.41) is 25.5. The minimum Gasteiger partial charge on any atom is -0.394 e. The van der Waals surface area contributed by atoms with Crippen molar-refractivity contribution in [2.24, 2.45) is 0 Å². The summed E-state index contributed by atoms with van der Waals surface area (Å²) in [5.74, 6) is 0. The molecule has 0 spiro atoms. The molecule has 0 aromatic carbocycles. The van der Waals surface area contributed by atoms with Crippen LogP contribution < -0.4 is 0 Å². The summed E-state index contributed by atoms with van der Waals surface area (Å²) in [7, 11) is 0. The molecule has 0 aliphatic heterocycles. The molecule has 1 unspecified atom stereocenters. The second kappa shape index (κ2) is 4.43. The van der Waals surface area contributed by atoms with Gasteiger partial charge in [-0.25, -0.2) is 0 Å². The lowest BCUT2D eigenvalue weighted by Crippen LogP contribution is -2.29. The van der Waals surface area contributed by atoms with Gasteiger partial charge in [0.2, 0.25) is 0 Å². The van der Waals surface area contributed by atoms with Crippen molar-refractivity contribution in [2.75, 3.05) is 6.61 Å². The van der Waals surface area contributed by atoms with Crippen LogP contribution in [0.25, 0.3) is 0 Å². The number of carbonyl (C=O) groups is 1. The SMILES string of the molecule is O=CCC(O)[C@H](O)CO. The lowest BCUT2D eigenvalue weighted by Gasteiger charge is -2.11. The molecule has 4 heteroatoms. The molecular formula is C5H10O4. The van der Waals surface area contributed by atoms with Crippen LogP contribution in [0.15, 0.2) is 0 Å². The van der Waals surface area contributed by atoms with E-state index in [1.54, 1.807) is 0 Å². The van der Waals surface area contributed by atoms with Crippen LogP contribution in [0.5, 0.6) is 0 Å². The Kier molecular flexibility index (Phi) is 4.21. The van der Waals surface area contributed by atoms with Gasteiger partial charge in [0.05, 0.1) is 12.7 Å². The molecule has 0 aromatic rings. The fraction of sp³-hybridized carbons (Fsp3) is 0.800. The Balaban J connectivity index is 3.44. The molecule has 0 bridgehead atoms. The van der Waals surface area contributed by atoms with E-state index in [2.05, 4.69) is 0 Å². The third-order valence-corrected chi connectivity index (χ3v) is 0.969. The van der Waals surface area contributed by atoms with Gasteiger partial charge in [-0.1, -0.05) is 0 Å². The number of aldehydes is 1. The molecule has 0 saturated heterocycles. The van der Waals surface area contributed by atoms with Crippen LogP contribution in [0.2, 0.25) is 0 Å². The highest BCUT2D eigenvalue weighted by Crippen LogP contribution is 1.94. The van der Waals surface area contributed by atoms with Crippen LogP contribution in [-0.2, 0) is 4.79 Å². The average Bonchev–Trinajstić information content (AvgIpc) is 1.87. The van der Waals surface area contributed by atoms with E-state index < -0.39 is 18.8 Å². The van der Waals surface area contributed by atoms with Crippen molar-refractivity contribution >= 4 is 6.29 Å². The van der Waals surface area contributed by atoms with Gasteiger partial charge in [-0.05, 0) is 0 Å². The van der Waals surface area contributed by atoms with Crippen molar-refractivity contribution in [1.82, 2.24) is 0 Å². The van der Waals surface area contributed by atoms with Crippen LogP contribution in [-0.4, -0.2) is 40.4 Å². The van der Waals surface area contributed by atoms with Gasteiger partial charge in [-0.2, -0.15) is 0 Å². The van der Waals surface area contributed by atoms with Gasteiger partial charge in [-0.3, -0.25) is 0 Å². The first-order valence-electron chi connectivity index (χ1n) is 2.63. The van der Waals surface area contributed by atoms with E-state index in [4.69, 9.17) is 15.3 Å². The van der Waals surface area contributed by atoms with Crippen molar-refractivity contribution in [1.29, 1.82) is 0 Å². The molecule has 9 heavy (non-hydrogen) atoms. The lowest BCUT2D eigenvalue weighted by atomic mass is 10.2. The second-order valence-electron chi connectivity index (χ2n) is 1.72. The quantitative estimate of drug-likeness (QED) is 0.400. The third kappa shape index (κ3) is 3.18. The molecule has 0 rings (SSSR count). The largest absolute Gasteiger partial charge is 0.394 e. The maximum absolute atomic E-state index is 9.68. The number of aliphatic hydroxyl groups is 3. The molecule has 0 aliphatic rings. The predicted octanol–water partition coefficient (Wildman–Crippen LogP) is -1.71. The van der Waals surface area contributed by atoms with E-state index in [0.717, 1.165) is 0 Å². The summed E-state index contributed by atoms with van der Waals surface area (Å²) >= 11 is 0. The van der Waals surface area contributed by atoms with E-state index >= 15 is 0 Å². The number of carbonyl (C=O) groups excluding carboxylic acids is 1. The number of rotatable bonds is 4. The number of hydrogen-bond acceptors (Lipinski definition) is 4. The van der Waals surface area contributed by atoms with Crippen molar-refractivity contribution < 1.29 is 20.1 Å². The standard InChI is InChI=1S/C5H10O4/c6-2-1-4(8)5(9)3-7/h2,4-5,7-9H,1,3H2/t4?,5-/m1/s1. The van der Waals surface area contributed by atoms with Crippen LogP contribution in [0.4, 0.5) is 0 Å². The Morgan fingerprint density at radius 3 is 2.22 bits per heavy atom. The minimum atomic E-state index is -1.20. The van der Waals surface area contributed by atoms with Gasteiger partial charge in [0.15, 0.2) is 0 Å². The number of hydrogen-bond donors (Lipinski definition) is 3. The van der Waals surface area contributed by atoms with E-state index in [1.807, 2.05) is 0 Å². The summed E-state index contributed by atoms with van der Waals surface area (Å²) in [6, 6.07) is 0. The highest BCUT2D eigenvalue weighted by Gasteiger charge is 2.13. The first-order chi connectivity index (χ1) is 4.22. The molecule has 3 N–H and O–H groups in total. The van der Waals surface area contributed by atoms with Crippen LogP contribution in [0.3, 0.4) is 0 Å². The van der Waals surface area contributed by atoms with Crippen LogP contribution in [0, 0.1) is 0 Å². The molecule has 4 nitrogen and oxygen atoms in total. The molecule has 0 fully saturated rings. The minimum absolute atomic E-state index is 0.137. The molecule has 0 aromatic heterocycles. The van der Waals surface area contributed by atoms with Gasteiger partial charge in [-0.15, -0.1) is 0 Å². The van der Waals surface area contributed by atoms with Gasteiger partial charge >= 0.3 is 0 Å². The maximum atomic E-state index is 9.68. The topological polar surface area (TPSA) is 77.8 Å². The Morgan fingerprint density at radius 1 is 1.33 bits per heavy atom. The highest BCUT2D eigenvalue weighted by atomic mass is 16.4. The van der Waals surface area contributed by atoms with E-state index in [0.29, 0.717) is 6.29 Å². The Labute approximate surface area is 52.7 Å². The van der Waals surface area contributed by atoms with Gasteiger partial charge in [0.25, 0.3) is 0 Å². The monoisotopic (exact) mass is 134 g/mol. The van der Waals surface area contributed by atoms with Gasteiger partial charge in [0.1, 0.15) is 12.4 Å². The predicted molar refractivity (Wildman–Crippen MR) is 29.8 cm³/mol. The first kappa shape index (κ1) is 8.55. The fourth-order valence-corrected chi connectivity index (χ4v) is 0.377. The molecule has 54 valence electrons. The zero-order valence-electron chi connectivity index (χ0n) is 4.90. The van der Waals surface area contributed by atoms with E-state index in [-0.39, 0.29) is 6.42 Å². The van der Waals surface area contributed by atoms with Gasteiger partial charge in [0, 0.05) is 6.42 Å². The Morgan fingerprint density at radius 2 is 1.89 bits per heavy atom. The molecule has 0 saturated carbocycles. The molecule has 2 atom stereocenters. The van der Waals surface area contributed by atoms with Crippen molar-refractivity contribution in [3.8, 4) is 0 Å². The normalized spacial score (nSPS) is 16.8. The molecule has 0 aliphatic carbocycles. The Hall–Kier alpha value is -0.450. The van der Waals surface area contributed by atoms with Crippen LogP contribution in [0.1, 0.15) is 6.42 Å². The zero-order valence-corrected chi connectivity index (χ0v) is 4.90. The highest BCUT2D eigenvalue weighted by molar-refractivity contribution is 5.50. The Bertz CT molecular complexity index is 83.0. The van der Waals surface area contributed by atoms with Crippen molar-refractivity contribution in [3.63, 3.8) is 0 Å². The lowest BCUT2D eigenvalue weighted by molar-refractivity contribution is -0.111. The van der Waals surface area contributed by atoms with Crippen molar-refractivity contribution in [2.45, 2.75) is 18.6 Å². The molecule has 0 amide bonds. The molecular weight excluding hydrogens is 124 g/mol. The van der Waals surface area contributed by atoms with Gasteiger partial charge < -0.3 is 20.1 Å². The smallest absolute Gasteiger partial charge is 0.122 e. The number of aliphatic hydroxyl groups excluding tert-OH is 3. The van der Waals surface area contributed by atoms with Crippen LogP contribution >= 0.6 is 0 Å². The third-order valence-electron chi connectivity index (χ3n) is 0.969. The van der Waals surface area contributed by atoms with Crippen molar-refractivity contribution in [3.05, 3.63) is 0 Å². The average molecular weight is 134 g/mol. The van der Waals surface area contributed by atoms with E-state index in [9.17, 15) is 4.79 Å². The summed E-state index contributed by atoms with van der Waals surface area (Å²) in [5.41, 5.74) is 0. The summed E-state index contributed by atoms with van der Waals surface area (Å²) < 4.78 is 0. The fourth-order valence-electron chi connectivity index (χ4n) is 0.377. The molecule has 0 radical (unpaired) electrons. The maximum Gasteiger partial charge on any atom is 0.122 e. The second-order valence-corrected chi connectivity index (χ2v) is 1.72. The first-order valence-corrected chi connectivity index (χ1v) is 2.63. The summed E-state index contributed by atoms with van der Waals surface area (Å²) in [6.45, 7) is -0.519. The summed E-state index contributed by atoms with van der Waals surface area (Å²) in [6.07, 6.45) is -1.98.